The minimum absolute atomic E-state index is 0.0284. The Hall–Kier alpha value is -1.58. The zero-order valence-corrected chi connectivity index (χ0v) is 11.7. The van der Waals surface area contributed by atoms with Crippen LogP contribution in [0.2, 0.25) is 0 Å². The molecule has 104 valence electrons. The lowest BCUT2D eigenvalue weighted by Gasteiger charge is -2.21. The lowest BCUT2D eigenvalue weighted by Crippen LogP contribution is -2.32. The Balaban J connectivity index is 2.04. The molecule has 1 fully saturated rings. The van der Waals surface area contributed by atoms with Gasteiger partial charge in [-0.3, -0.25) is 9.59 Å². The number of rotatable bonds is 2. The smallest absolute Gasteiger partial charge is 0.255 e. The molecule has 1 aromatic heterocycles. The second kappa shape index (κ2) is 6.04. The molecule has 1 aliphatic heterocycles. The normalized spacial score (nSPS) is 20.4. The molecule has 19 heavy (non-hydrogen) atoms. The van der Waals surface area contributed by atoms with Crippen molar-refractivity contribution < 1.29 is 4.79 Å². The van der Waals surface area contributed by atoms with Crippen LogP contribution in [-0.4, -0.2) is 28.9 Å². The number of nitrogens with zero attached hydrogens (tertiary/aromatic N) is 1. The Bertz CT molecular complexity index is 473. The summed E-state index contributed by atoms with van der Waals surface area (Å²) in [4.78, 5) is 27.8. The van der Waals surface area contributed by atoms with Crippen LogP contribution in [0.5, 0.6) is 0 Å². The SMILES string of the molecule is CC(C)C1CCCN(C(=O)c2ccc(=O)[nH]c2)CC1. The Labute approximate surface area is 113 Å². The number of hydrogen-bond acceptors (Lipinski definition) is 2. The van der Waals surface area contributed by atoms with E-state index in [0.717, 1.165) is 25.9 Å². The number of carbonyl (C=O) groups is 1. The number of aromatic amines is 1. The molecule has 1 unspecified atom stereocenters. The van der Waals surface area contributed by atoms with E-state index in [1.165, 1.54) is 18.7 Å². The number of amides is 1. The number of H-pyrrole nitrogens is 1. The van der Waals surface area contributed by atoms with E-state index in [2.05, 4.69) is 18.8 Å². The van der Waals surface area contributed by atoms with Gasteiger partial charge in [-0.25, -0.2) is 0 Å². The molecule has 0 radical (unpaired) electrons. The Morgan fingerprint density at radius 2 is 2.11 bits per heavy atom. The predicted molar refractivity (Wildman–Crippen MR) is 75.1 cm³/mol. The molecule has 2 heterocycles. The number of likely N-dealkylation sites (tertiary alicyclic amines) is 1. The van der Waals surface area contributed by atoms with Crippen LogP contribution in [-0.2, 0) is 0 Å². The first-order chi connectivity index (χ1) is 9.08. The van der Waals surface area contributed by atoms with Crippen LogP contribution in [0.25, 0.3) is 0 Å². The monoisotopic (exact) mass is 262 g/mol. The van der Waals surface area contributed by atoms with E-state index in [0.29, 0.717) is 17.4 Å². The quantitative estimate of drug-likeness (QED) is 0.889. The molecule has 0 aliphatic carbocycles. The highest BCUT2D eigenvalue weighted by Gasteiger charge is 2.23. The van der Waals surface area contributed by atoms with Gasteiger partial charge in [0, 0.05) is 25.4 Å². The van der Waals surface area contributed by atoms with Gasteiger partial charge in [-0.2, -0.15) is 0 Å². The van der Waals surface area contributed by atoms with Crippen LogP contribution < -0.4 is 5.56 Å². The second-order valence-corrected chi connectivity index (χ2v) is 5.67. The van der Waals surface area contributed by atoms with Gasteiger partial charge in [0.2, 0.25) is 5.56 Å². The molecular formula is C15H22N2O2. The molecule has 1 atom stereocenters. The first-order valence-corrected chi connectivity index (χ1v) is 7.06. The first kappa shape index (κ1) is 13.8. The number of aromatic nitrogens is 1. The fraction of sp³-hybridized carbons (Fsp3) is 0.600. The maximum absolute atomic E-state index is 12.3. The Morgan fingerprint density at radius 3 is 2.74 bits per heavy atom. The molecule has 1 aromatic rings. The van der Waals surface area contributed by atoms with Crippen molar-refractivity contribution in [2.75, 3.05) is 13.1 Å². The summed E-state index contributed by atoms with van der Waals surface area (Å²) in [6.07, 6.45) is 4.85. The number of hydrogen-bond donors (Lipinski definition) is 1. The lowest BCUT2D eigenvalue weighted by atomic mass is 9.89. The molecule has 0 aromatic carbocycles. The summed E-state index contributed by atoms with van der Waals surface area (Å²) in [7, 11) is 0. The van der Waals surface area contributed by atoms with Crippen molar-refractivity contribution in [3.05, 3.63) is 34.2 Å². The van der Waals surface area contributed by atoms with Crippen LogP contribution in [0.4, 0.5) is 0 Å². The van der Waals surface area contributed by atoms with Crippen molar-refractivity contribution in [3.8, 4) is 0 Å². The summed E-state index contributed by atoms with van der Waals surface area (Å²) < 4.78 is 0. The lowest BCUT2D eigenvalue weighted by molar-refractivity contribution is 0.0758. The topological polar surface area (TPSA) is 53.2 Å². The standard InChI is InChI=1S/C15H22N2O2/c1-11(2)12-4-3-8-17(9-7-12)15(19)13-5-6-14(18)16-10-13/h5-6,10-12H,3-4,7-9H2,1-2H3,(H,16,18). The van der Waals surface area contributed by atoms with Crippen molar-refractivity contribution in [2.24, 2.45) is 11.8 Å². The van der Waals surface area contributed by atoms with Gasteiger partial charge in [0.1, 0.15) is 0 Å². The fourth-order valence-corrected chi connectivity index (χ4v) is 2.72. The first-order valence-electron chi connectivity index (χ1n) is 7.06. The van der Waals surface area contributed by atoms with Crippen LogP contribution >= 0.6 is 0 Å². The fourth-order valence-electron chi connectivity index (χ4n) is 2.72. The molecule has 4 heteroatoms. The number of pyridine rings is 1. The van der Waals surface area contributed by atoms with Gasteiger partial charge in [0.15, 0.2) is 0 Å². The van der Waals surface area contributed by atoms with Gasteiger partial charge in [-0.05, 0) is 37.2 Å². The third-order valence-electron chi connectivity index (χ3n) is 4.03. The Kier molecular flexibility index (Phi) is 4.40. The summed E-state index contributed by atoms with van der Waals surface area (Å²) in [5.41, 5.74) is 0.398. The van der Waals surface area contributed by atoms with Crippen molar-refractivity contribution in [1.82, 2.24) is 9.88 Å². The van der Waals surface area contributed by atoms with Crippen LogP contribution in [0.15, 0.2) is 23.1 Å². The summed E-state index contributed by atoms with van der Waals surface area (Å²) in [5.74, 6) is 1.43. The van der Waals surface area contributed by atoms with E-state index in [1.54, 1.807) is 6.07 Å². The van der Waals surface area contributed by atoms with E-state index in [1.807, 2.05) is 4.90 Å². The summed E-state index contributed by atoms with van der Waals surface area (Å²) in [5, 5.41) is 0. The zero-order valence-electron chi connectivity index (χ0n) is 11.7. The highest BCUT2D eigenvalue weighted by molar-refractivity contribution is 5.93. The van der Waals surface area contributed by atoms with Crippen molar-refractivity contribution in [2.45, 2.75) is 33.1 Å². The molecule has 1 N–H and O–H groups in total. The van der Waals surface area contributed by atoms with E-state index in [4.69, 9.17) is 0 Å². The van der Waals surface area contributed by atoms with Gasteiger partial charge < -0.3 is 9.88 Å². The van der Waals surface area contributed by atoms with Crippen molar-refractivity contribution >= 4 is 5.91 Å². The van der Waals surface area contributed by atoms with Gasteiger partial charge >= 0.3 is 0 Å². The number of carbonyl (C=O) groups excluding carboxylic acids is 1. The van der Waals surface area contributed by atoms with E-state index in [-0.39, 0.29) is 11.5 Å². The average Bonchev–Trinajstić information content (AvgIpc) is 2.64. The molecule has 0 bridgehead atoms. The molecule has 2 rings (SSSR count). The van der Waals surface area contributed by atoms with Gasteiger partial charge in [0.05, 0.1) is 5.56 Å². The zero-order chi connectivity index (χ0) is 13.8. The Morgan fingerprint density at radius 1 is 1.32 bits per heavy atom. The third kappa shape index (κ3) is 3.46. The number of nitrogens with one attached hydrogen (secondary N) is 1. The van der Waals surface area contributed by atoms with E-state index in [9.17, 15) is 9.59 Å². The average molecular weight is 262 g/mol. The summed E-state index contributed by atoms with van der Waals surface area (Å²) in [6, 6.07) is 3.01. The maximum Gasteiger partial charge on any atom is 0.255 e. The minimum Gasteiger partial charge on any atom is -0.339 e. The largest absolute Gasteiger partial charge is 0.339 e. The molecular weight excluding hydrogens is 240 g/mol. The second-order valence-electron chi connectivity index (χ2n) is 5.67. The molecule has 1 aliphatic rings. The van der Waals surface area contributed by atoms with Gasteiger partial charge in [0.25, 0.3) is 5.91 Å². The highest BCUT2D eigenvalue weighted by Crippen LogP contribution is 2.25. The third-order valence-corrected chi connectivity index (χ3v) is 4.03. The highest BCUT2D eigenvalue weighted by atomic mass is 16.2. The van der Waals surface area contributed by atoms with Crippen LogP contribution in [0.3, 0.4) is 0 Å². The van der Waals surface area contributed by atoms with Gasteiger partial charge in [-0.15, -0.1) is 0 Å². The predicted octanol–water partition coefficient (Wildman–Crippen LogP) is 2.27. The van der Waals surface area contributed by atoms with E-state index >= 15 is 0 Å². The molecule has 0 saturated carbocycles. The maximum atomic E-state index is 12.3. The molecule has 4 nitrogen and oxygen atoms in total. The van der Waals surface area contributed by atoms with Gasteiger partial charge in [-0.1, -0.05) is 13.8 Å². The molecule has 1 saturated heterocycles. The summed E-state index contributed by atoms with van der Waals surface area (Å²) in [6.45, 7) is 6.15. The summed E-state index contributed by atoms with van der Waals surface area (Å²) >= 11 is 0. The molecule has 0 spiro atoms. The van der Waals surface area contributed by atoms with Crippen LogP contribution in [0, 0.1) is 11.8 Å². The van der Waals surface area contributed by atoms with E-state index < -0.39 is 0 Å². The minimum atomic E-state index is -0.174. The van der Waals surface area contributed by atoms with Crippen LogP contribution in [0.1, 0.15) is 43.5 Å². The molecule has 1 amide bonds. The van der Waals surface area contributed by atoms with Crippen molar-refractivity contribution in [1.29, 1.82) is 0 Å². The van der Waals surface area contributed by atoms with Crippen molar-refractivity contribution in [3.63, 3.8) is 0 Å².